The van der Waals surface area contributed by atoms with Crippen molar-refractivity contribution in [2.45, 2.75) is 58.3 Å². The maximum Gasteiger partial charge on any atom is 0.327 e. The van der Waals surface area contributed by atoms with Crippen LogP contribution in [-0.4, -0.2) is 11.1 Å². The van der Waals surface area contributed by atoms with Crippen molar-refractivity contribution in [1.82, 2.24) is 0 Å². The van der Waals surface area contributed by atoms with Crippen LogP contribution in [-0.2, 0) is 4.79 Å². The van der Waals surface area contributed by atoms with E-state index in [1.165, 1.54) is 44.6 Å². The summed E-state index contributed by atoms with van der Waals surface area (Å²) < 4.78 is 0. The van der Waals surface area contributed by atoms with E-state index in [1.807, 2.05) is 0 Å². The molecule has 0 amide bonds. The van der Waals surface area contributed by atoms with Gasteiger partial charge in [0.25, 0.3) is 0 Å². The number of allylic oxidation sites excluding steroid dienone is 1. The SMILES string of the molecule is CCC1CCC[C@@H]1CCCC/C=C/C(=O)O. The Morgan fingerprint density at radius 3 is 2.75 bits per heavy atom. The molecule has 0 saturated heterocycles. The number of hydrogen-bond acceptors (Lipinski definition) is 1. The Morgan fingerprint density at radius 2 is 2.06 bits per heavy atom. The van der Waals surface area contributed by atoms with Crippen molar-refractivity contribution in [2.75, 3.05) is 0 Å². The molecular formula is C14H24O2. The Kier molecular flexibility index (Phi) is 6.20. The topological polar surface area (TPSA) is 37.3 Å². The first kappa shape index (κ1) is 13.3. The minimum Gasteiger partial charge on any atom is -0.478 e. The number of carboxylic acids is 1. The highest BCUT2D eigenvalue weighted by atomic mass is 16.4. The van der Waals surface area contributed by atoms with Gasteiger partial charge < -0.3 is 5.11 Å². The number of carbonyl (C=O) groups is 1. The van der Waals surface area contributed by atoms with Crippen molar-refractivity contribution < 1.29 is 9.90 Å². The smallest absolute Gasteiger partial charge is 0.327 e. The Labute approximate surface area is 98.7 Å². The summed E-state index contributed by atoms with van der Waals surface area (Å²) >= 11 is 0. The molecule has 2 nitrogen and oxygen atoms in total. The third-order valence-corrected chi connectivity index (χ3v) is 3.80. The van der Waals surface area contributed by atoms with Crippen LogP contribution in [0.5, 0.6) is 0 Å². The van der Waals surface area contributed by atoms with E-state index in [0.717, 1.165) is 24.7 Å². The molecule has 0 heterocycles. The lowest BCUT2D eigenvalue weighted by molar-refractivity contribution is -0.131. The molecule has 1 N–H and O–H groups in total. The third-order valence-electron chi connectivity index (χ3n) is 3.80. The maximum atomic E-state index is 10.2. The lowest BCUT2D eigenvalue weighted by Gasteiger charge is -2.17. The predicted octanol–water partition coefficient (Wildman–Crippen LogP) is 4.01. The fraction of sp³-hybridized carbons (Fsp3) is 0.786. The van der Waals surface area contributed by atoms with Gasteiger partial charge in [0.2, 0.25) is 0 Å². The van der Waals surface area contributed by atoms with E-state index >= 15 is 0 Å². The summed E-state index contributed by atoms with van der Waals surface area (Å²) in [6.45, 7) is 2.30. The van der Waals surface area contributed by atoms with Crippen LogP contribution in [0.15, 0.2) is 12.2 Å². The minimum atomic E-state index is -0.832. The number of aliphatic carboxylic acids is 1. The number of carboxylic acid groups (broad SMARTS) is 1. The van der Waals surface area contributed by atoms with Gasteiger partial charge in [0.05, 0.1) is 0 Å². The van der Waals surface area contributed by atoms with Crippen molar-refractivity contribution in [3.05, 3.63) is 12.2 Å². The van der Waals surface area contributed by atoms with Gasteiger partial charge in [0, 0.05) is 6.08 Å². The summed E-state index contributed by atoms with van der Waals surface area (Å²) in [5.74, 6) is 1.09. The first-order chi connectivity index (χ1) is 7.74. The molecule has 0 aromatic rings. The van der Waals surface area contributed by atoms with Gasteiger partial charge in [-0.2, -0.15) is 0 Å². The molecule has 0 spiro atoms. The second kappa shape index (κ2) is 7.48. The van der Waals surface area contributed by atoms with E-state index in [0.29, 0.717) is 0 Å². The van der Waals surface area contributed by atoms with Crippen molar-refractivity contribution in [2.24, 2.45) is 11.8 Å². The Hall–Kier alpha value is -0.790. The molecule has 92 valence electrons. The molecule has 0 aromatic heterocycles. The van der Waals surface area contributed by atoms with E-state index in [4.69, 9.17) is 5.11 Å². The summed E-state index contributed by atoms with van der Waals surface area (Å²) in [6.07, 6.45) is 13.3. The standard InChI is InChI=1S/C14H24O2/c1-2-12-9-7-10-13(12)8-5-3-4-6-11-14(15)16/h6,11-13H,2-5,7-10H2,1H3,(H,15,16)/b11-6+/t12?,13-/m0/s1. The van der Waals surface area contributed by atoms with Crippen LogP contribution in [0.25, 0.3) is 0 Å². The summed E-state index contributed by atoms with van der Waals surface area (Å²) in [4.78, 5) is 10.2. The molecule has 1 rings (SSSR count). The molecular weight excluding hydrogens is 200 g/mol. The number of unbranched alkanes of at least 4 members (excludes halogenated alkanes) is 2. The molecule has 1 aliphatic rings. The highest BCUT2D eigenvalue weighted by Gasteiger charge is 2.24. The van der Waals surface area contributed by atoms with Crippen LogP contribution >= 0.6 is 0 Å². The largest absolute Gasteiger partial charge is 0.478 e. The lowest BCUT2D eigenvalue weighted by atomic mass is 9.89. The lowest BCUT2D eigenvalue weighted by Crippen LogP contribution is -2.06. The second-order valence-corrected chi connectivity index (χ2v) is 4.88. The van der Waals surface area contributed by atoms with E-state index in [1.54, 1.807) is 6.08 Å². The quantitative estimate of drug-likeness (QED) is 0.524. The summed E-state index contributed by atoms with van der Waals surface area (Å²) in [7, 11) is 0. The summed E-state index contributed by atoms with van der Waals surface area (Å²) in [6, 6.07) is 0. The molecule has 1 fully saturated rings. The minimum absolute atomic E-state index is 0.832. The van der Waals surface area contributed by atoms with Crippen LogP contribution in [0.3, 0.4) is 0 Å². The Morgan fingerprint density at radius 1 is 1.31 bits per heavy atom. The van der Waals surface area contributed by atoms with Gasteiger partial charge in [-0.15, -0.1) is 0 Å². The molecule has 1 unspecified atom stereocenters. The van der Waals surface area contributed by atoms with E-state index < -0.39 is 5.97 Å². The molecule has 0 aliphatic heterocycles. The predicted molar refractivity (Wildman–Crippen MR) is 66.4 cm³/mol. The van der Waals surface area contributed by atoms with Gasteiger partial charge in [-0.25, -0.2) is 4.79 Å². The molecule has 0 aromatic carbocycles. The van der Waals surface area contributed by atoms with Crippen LogP contribution in [0.4, 0.5) is 0 Å². The third kappa shape index (κ3) is 4.82. The Bertz CT molecular complexity index is 233. The van der Waals surface area contributed by atoms with Crippen LogP contribution in [0.2, 0.25) is 0 Å². The Balaban J connectivity index is 2.04. The van der Waals surface area contributed by atoms with Crippen molar-refractivity contribution in [1.29, 1.82) is 0 Å². The van der Waals surface area contributed by atoms with Gasteiger partial charge in [0.15, 0.2) is 0 Å². The van der Waals surface area contributed by atoms with Gasteiger partial charge in [-0.05, 0) is 24.7 Å². The molecule has 0 bridgehead atoms. The van der Waals surface area contributed by atoms with Gasteiger partial charge >= 0.3 is 5.97 Å². The normalized spacial score (nSPS) is 25.3. The average Bonchev–Trinajstić information content (AvgIpc) is 2.70. The molecule has 1 saturated carbocycles. The van der Waals surface area contributed by atoms with Crippen molar-refractivity contribution in [3.63, 3.8) is 0 Å². The zero-order chi connectivity index (χ0) is 11.8. The molecule has 1 aliphatic carbocycles. The van der Waals surface area contributed by atoms with E-state index in [9.17, 15) is 4.79 Å². The summed E-state index contributed by atoms with van der Waals surface area (Å²) in [5, 5.41) is 8.42. The van der Waals surface area contributed by atoms with Crippen LogP contribution in [0.1, 0.15) is 58.3 Å². The maximum absolute atomic E-state index is 10.2. The molecule has 2 atom stereocenters. The fourth-order valence-electron chi connectivity index (χ4n) is 2.88. The monoisotopic (exact) mass is 224 g/mol. The van der Waals surface area contributed by atoms with Gasteiger partial charge in [-0.1, -0.05) is 51.5 Å². The second-order valence-electron chi connectivity index (χ2n) is 4.88. The number of rotatable bonds is 7. The van der Waals surface area contributed by atoms with Crippen molar-refractivity contribution in [3.8, 4) is 0 Å². The van der Waals surface area contributed by atoms with Crippen LogP contribution < -0.4 is 0 Å². The zero-order valence-electron chi connectivity index (χ0n) is 10.3. The zero-order valence-corrected chi connectivity index (χ0v) is 10.3. The van der Waals surface area contributed by atoms with Gasteiger partial charge in [0.1, 0.15) is 0 Å². The number of hydrogen-bond donors (Lipinski definition) is 1. The van der Waals surface area contributed by atoms with Gasteiger partial charge in [-0.3, -0.25) is 0 Å². The fourth-order valence-corrected chi connectivity index (χ4v) is 2.88. The van der Waals surface area contributed by atoms with E-state index in [-0.39, 0.29) is 0 Å². The van der Waals surface area contributed by atoms with E-state index in [2.05, 4.69) is 6.92 Å². The highest BCUT2D eigenvalue weighted by molar-refractivity contribution is 5.79. The summed E-state index contributed by atoms with van der Waals surface area (Å²) in [5.41, 5.74) is 0. The first-order valence-corrected chi connectivity index (χ1v) is 6.63. The molecule has 16 heavy (non-hydrogen) atoms. The highest BCUT2D eigenvalue weighted by Crippen LogP contribution is 2.37. The molecule has 0 radical (unpaired) electrons. The average molecular weight is 224 g/mol. The molecule has 2 heteroatoms. The first-order valence-electron chi connectivity index (χ1n) is 6.63. The van der Waals surface area contributed by atoms with Crippen LogP contribution in [0, 0.1) is 11.8 Å². The van der Waals surface area contributed by atoms with Crippen molar-refractivity contribution >= 4 is 5.97 Å².